The van der Waals surface area contributed by atoms with Crippen molar-refractivity contribution in [3.63, 3.8) is 0 Å². The standard InChI is InChI=1S/C14H24N2O2/c1-9(11-5-6-18-8-11)16-14(17)13-12-4-2-3-10(12)7-15-13/h9-13,15H,2-8H2,1H3,(H,16,17). The molecule has 0 aromatic heterocycles. The van der Waals surface area contributed by atoms with E-state index in [1.54, 1.807) is 0 Å². The summed E-state index contributed by atoms with van der Waals surface area (Å²) in [6.45, 7) is 4.78. The van der Waals surface area contributed by atoms with E-state index in [2.05, 4.69) is 17.6 Å². The molecular formula is C14H24N2O2. The van der Waals surface area contributed by atoms with Gasteiger partial charge in [0.1, 0.15) is 0 Å². The Labute approximate surface area is 109 Å². The zero-order valence-electron chi connectivity index (χ0n) is 11.2. The summed E-state index contributed by atoms with van der Waals surface area (Å²) >= 11 is 0. The Morgan fingerprint density at radius 1 is 1.39 bits per heavy atom. The third-order valence-electron chi connectivity index (χ3n) is 5.07. The van der Waals surface area contributed by atoms with Gasteiger partial charge in [-0.1, -0.05) is 6.42 Å². The second-order valence-corrected chi connectivity index (χ2v) is 6.16. The molecule has 0 aromatic carbocycles. The summed E-state index contributed by atoms with van der Waals surface area (Å²) in [6.07, 6.45) is 4.89. The van der Waals surface area contributed by atoms with Gasteiger partial charge in [0.25, 0.3) is 0 Å². The fourth-order valence-corrected chi connectivity index (χ4v) is 3.85. The maximum absolute atomic E-state index is 12.3. The zero-order valence-corrected chi connectivity index (χ0v) is 11.2. The average molecular weight is 252 g/mol. The smallest absolute Gasteiger partial charge is 0.237 e. The van der Waals surface area contributed by atoms with Crippen LogP contribution in [0.25, 0.3) is 0 Å². The molecule has 5 unspecified atom stereocenters. The molecule has 2 aliphatic heterocycles. The number of hydrogen-bond donors (Lipinski definition) is 2. The van der Waals surface area contributed by atoms with Gasteiger partial charge in [0.2, 0.25) is 5.91 Å². The maximum atomic E-state index is 12.3. The van der Waals surface area contributed by atoms with Crippen LogP contribution in [0.2, 0.25) is 0 Å². The van der Waals surface area contributed by atoms with Gasteiger partial charge in [0.05, 0.1) is 12.6 Å². The van der Waals surface area contributed by atoms with Gasteiger partial charge in [0.15, 0.2) is 0 Å². The summed E-state index contributed by atoms with van der Waals surface area (Å²) in [7, 11) is 0. The van der Waals surface area contributed by atoms with Crippen LogP contribution in [-0.4, -0.2) is 37.7 Å². The van der Waals surface area contributed by atoms with E-state index in [1.165, 1.54) is 19.3 Å². The van der Waals surface area contributed by atoms with Gasteiger partial charge in [-0.15, -0.1) is 0 Å². The summed E-state index contributed by atoms with van der Waals surface area (Å²) in [5.74, 6) is 2.03. The first-order chi connectivity index (χ1) is 8.75. The SMILES string of the molecule is CC(NC(=O)C1NCC2CCCC21)C1CCOC1. The Morgan fingerprint density at radius 3 is 3.06 bits per heavy atom. The molecule has 1 amide bonds. The van der Waals surface area contributed by atoms with E-state index in [0.717, 1.165) is 32.1 Å². The number of ether oxygens (including phenoxy) is 1. The van der Waals surface area contributed by atoms with Crippen LogP contribution in [0, 0.1) is 17.8 Å². The number of carbonyl (C=O) groups excluding carboxylic acids is 1. The summed E-state index contributed by atoms with van der Waals surface area (Å²) in [5.41, 5.74) is 0. The van der Waals surface area contributed by atoms with Crippen LogP contribution >= 0.6 is 0 Å². The van der Waals surface area contributed by atoms with Gasteiger partial charge >= 0.3 is 0 Å². The molecule has 2 N–H and O–H groups in total. The van der Waals surface area contributed by atoms with Crippen molar-refractivity contribution < 1.29 is 9.53 Å². The van der Waals surface area contributed by atoms with Crippen LogP contribution in [0.4, 0.5) is 0 Å². The van der Waals surface area contributed by atoms with E-state index in [9.17, 15) is 4.79 Å². The van der Waals surface area contributed by atoms with E-state index >= 15 is 0 Å². The fraction of sp³-hybridized carbons (Fsp3) is 0.929. The van der Waals surface area contributed by atoms with Crippen molar-refractivity contribution in [1.29, 1.82) is 0 Å². The molecule has 4 heteroatoms. The van der Waals surface area contributed by atoms with Gasteiger partial charge in [-0.3, -0.25) is 4.79 Å². The minimum Gasteiger partial charge on any atom is -0.381 e. The predicted octanol–water partition coefficient (Wildman–Crippen LogP) is 0.916. The summed E-state index contributed by atoms with van der Waals surface area (Å²) in [6, 6.07) is 0.296. The van der Waals surface area contributed by atoms with Crippen molar-refractivity contribution in [3.8, 4) is 0 Å². The van der Waals surface area contributed by atoms with Crippen molar-refractivity contribution in [2.24, 2.45) is 17.8 Å². The molecule has 0 bridgehead atoms. The molecule has 2 heterocycles. The molecule has 2 saturated heterocycles. The van der Waals surface area contributed by atoms with Crippen LogP contribution in [0.3, 0.4) is 0 Å². The van der Waals surface area contributed by atoms with E-state index in [1.807, 2.05) is 0 Å². The molecule has 3 aliphatic rings. The summed E-state index contributed by atoms with van der Waals surface area (Å²) in [5, 5.41) is 6.61. The zero-order chi connectivity index (χ0) is 12.5. The molecule has 0 radical (unpaired) electrons. The average Bonchev–Trinajstić information content (AvgIpc) is 3.06. The molecule has 0 spiro atoms. The van der Waals surface area contributed by atoms with E-state index in [0.29, 0.717) is 11.8 Å². The van der Waals surface area contributed by atoms with Gasteiger partial charge < -0.3 is 15.4 Å². The molecule has 3 rings (SSSR count). The van der Waals surface area contributed by atoms with E-state index in [4.69, 9.17) is 4.74 Å². The third kappa shape index (κ3) is 2.28. The quantitative estimate of drug-likeness (QED) is 0.785. The molecule has 3 fully saturated rings. The number of nitrogens with one attached hydrogen (secondary N) is 2. The number of fused-ring (bicyclic) bond motifs is 1. The highest BCUT2D eigenvalue weighted by molar-refractivity contribution is 5.82. The van der Waals surface area contributed by atoms with Crippen LogP contribution in [0.1, 0.15) is 32.6 Å². The number of rotatable bonds is 3. The van der Waals surface area contributed by atoms with E-state index < -0.39 is 0 Å². The lowest BCUT2D eigenvalue weighted by Gasteiger charge is -2.24. The van der Waals surface area contributed by atoms with Crippen molar-refractivity contribution >= 4 is 5.91 Å². The highest BCUT2D eigenvalue weighted by Crippen LogP contribution is 2.37. The van der Waals surface area contributed by atoms with Crippen LogP contribution in [-0.2, 0) is 9.53 Å². The molecule has 4 nitrogen and oxygen atoms in total. The van der Waals surface area contributed by atoms with Crippen LogP contribution < -0.4 is 10.6 Å². The highest BCUT2D eigenvalue weighted by atomic mass is 16.5. The number of carbonyl (C=O) groups is 1. The monoisotopic (exact) mass is 252 g/mol. The minimum absolute atomic E-state index is 0.0577. The van der Waals surface area contributed by atoms with Crippen molar-refractivity contribution in [3.05, 3.63) is 0 Å². The lowest BCUT2D eigenvalue weighted by Crippen LogP contribution is -2.49. The van der Waals surface area contributed by atoms with E-state index in [-0.39, 0.29) is 18.0 Å². The van der Waals surface area contributed by atoms with Crippen LogP contribution in [0.5, 0.6) is 0 Å². The largest absolute Gasteiger partial charge is 0.381 e. The normalized spacial score (nSPS) is 40.7. The van der Waals surface area contributed by atoms with Crippen LogP contribution in [0.15, 0.2) is 0 Å². The number of hydrogen-bond acceptors (Lipinski definition) is 3. The second kappa shape index (κ2) is 5.17. The first-order valence-corrected chi connectivity index (χ1v) is 7.37. The Kier molecular flexibility index (Phi) is 3.57. The lowest BCUT2D eigenvalue weighted by molar-refractivity contribution is -0.124. The molecule has 0 aromatic rings. The second-order valence-electron chi connectivity index (χ2n) is 6.16. The molecule has 1 saturated carbocycles. The van der Waals surface area contributed by atoms with Gasteiger partial charge in [-0.2, -0.15) is 0 Å². The Hall–Kier alpha value is -0.610. The maximum Gasteiger partial charge on any atom is 0.237 e. The van der Waals surface area contributed by atoms with Crippen molar-refractivity contribution in [2.45, 2.75) is 44.7 Å². The predicted molar refractivity (Wildman–Crippen MR) is 69.2 cm³/mol. The van der Waals surface area contributed by atoms with Gasteiger partial charge in [0, 0.05) is 18.6 Å². The number of amides is 1. The Morgan fingerprint density at radius 2 is 2.28 bits per heavy atom. The Balaban J connectivity index is 1.54. The molecular weight excluding hydrogens is 228 g/mol. The molecule has 102 valence electrons. The van der Waals surface area contributed by atoms with Gasteiger partial charge in [-0.25, -0.2) is 0 Å². The third-order valence-corrected chi connectivity index (χ3v) is 5.07. The topological polar surface area (TPSA) is 50.4 Å². The molecule has 1 aliphatic carbocycles. The van der Waals surface area contributed by atoms with Gasteiger partial charge in [-0.05, 0) is 44.6 Å². The molecule has 18 heavy (non-hydrogen) atoms. The minimum atomic E-state index is 0.0577. The fourth-order valence-electron chi connectivity index (χ4n) is 3.85. The first-order valence-electron chi connectivity index (χ1n) is 7.37. The highest BCUT2D eigenvalue weighted by Gasteiger charge is 2.42. The summed E-state index contributed by atoms with van der Waals surface area (Å²) < 4.78 is 5.39. The molecule has 5 atom stereocenters. The lowest BCUT2D eigenvalue weighted by atomic mass is 9.93. The summed E-state index contributed by atoms with van der Waals surface area (Å²) in [4.78, 5) is 12.3. The van der Waals surface area contributed by atoms with Crippen molar-refractivity contribution in [1.82, 2.24) is 10.6 Å². The van der Waals surface area contributed by atoms with Crippen molar-refractivity contribution in [2.75, 3.05) is 19.8 Å². The first kappa shape index (κ1) is 12.4. The Bertz CT molecular complexity index is 315.